The van der Waals surface area contributed by atoms with Crippen LogP contribution < -0.4 is 4.74 Å². The van der Waals surface area contributed by atoms with Crippen LogP contribution in [0.15, 0.2) is 34.8 Å². The van der Waals surface area contributed by atoms with Crippen molar-refractivity contribution in [2.24, 2.45) is 0 Å². The lowest BCUT2D eigenvalue weighted by atomic mass is 9.94. The fourth-order valence-corrected chi connectivity index (χ4v) is 3.07. The molecule has 1 atom stereocenters. The normalized spacial score (nSPS) is 12.3. The Morgan fingerprint density at radius 3 is 2.55 bits per heavy atom. The van der Waals surface area contributed by atoms with Crippen molar-refractivity contribution in [3.05, 3.63) is 62.1 Å². The van der Waals surface area contributed by atoms with E-state index < -0.39 is 6.10 Å². The van der Waals surface area contributed by atoms with Gasteiger partial charge in [-0.25, -0.2) is 0 Å². The van der Waals surface area contributed by atoms with E-state index >= 15 is 0 Å². The van der Waals surface area contributed by atoms with E-state index in [1.54, 1.807) is 19.2 Å². The Morgan fingerprint density at radius 1 is 1.25 bits per heavy atom. The zero-order valence-corrected chi connectivity index (χ0v) is 13.9. The Kier molecular flexibility index (Phi) is 4.74. The molecule has 0 heterocycles. The van der Waals surface area contributed by atoms with E-state index in [0.717, 1.165) is 26.7 Å². The fraction of sp³-hybridized carbons (Fsp3) is 0.250. The first-order valence-electron chi connectivity index (χ1n) is 6.22. The van der Waals surface area contributed by atoms with Gasteiger partial charge in [-0.15, -0.1) is 0 Å². The maximum Gasteiger partial charge on any atom is 0.128 e. The van der Waals surface area contributed by atoms with Gasteiger partial charge >= 0.3 is 0 Å². The molecule has 1 unspecified atom stereocenters. The average Bonchev–Trinajstić information content (AvgIpc) is 2.41. The summed E-state index contributed by atoms with van der Waals surface area (Å²) in [6.45, 7) is 3.91. The van der Waals surface area contributed by atoms with Crippen molar-refractivity contribution in [2.75, 3.05) is 7.11 Å². The van der Waals surface area contributed by atoms with E-state index in [-0.39, 0.29) is 0 Å². The lowest BCUT2D eigenvalue weighted by Gasteiger charge is -2.21. The summed E-state index contributed by atoms with van der Waals surface area (Å²) in [7, 11) is 1.61. The Labute approximate surface area is 132 Å². The number of hydrogen-bond acceptors (Lipinski definition) is 2. The van der Waals surface area contributed by atoms with Crippen LogP contribution >= 0.6 is 27.5 Å². The summed E-state index contributed by atoms with van der Waals surface area (Å²) in [5.41, 5.74) is 3.44. The van der Waals surface area contributed by atoms with Crippen molar-refractivity contribution in [2.45, 2.75) is 20.0 Å². The topological polar surface area (TPSA) is 29.5 Å². The van der Waals surface area contributed by atoms with E-state index in [4.69, 9.17) is 16.3 Å². The Hall–Kier alpha value is -1.03. The number of hydrogen-bond donors (Lipinski definition) is 1. The number of methoxy groups -OCH3 is 1. The molecule has 0 aliphatic carbocycles. The van der Waals surface area contributed by atoms with Gasteiger partial charge < -0.3 is 9.84 Å². The van der Waals surface area contributed by atoms with Gasteiger partial charge in [0.05, 0.1) is 7.11 Å². The number of aliphatic hydroxyl groups is 1. The molecule has 2 aromatic carbocycles. The molecule has 2 aromatic rings. The maximum absolute atomic E-state index is 10.7. The summed E-state index contributed by atoms with van der Waals surface area (Å²) in [6, 6.07) is 9.22. The number of aryl methyl sites for hydroxylation is 1. The molecule has 1 N–H and O–H groups in total. The summed E-state index contributed by atoms with van der Waals surface area (Å²) >= 11 is 9.52. The van der Waals surface area contributed by atoms with Crippen LogP contribution in [0.2, 0.25) is 5.02 Å². The molecule has 0 radical (unpaired) electrons. The van der Waals surface area contributed by atoms with Gasteiger partial charge in [-0.3, -0.25) is 0 Å². The highest BCUT2D eigenvalue weighted by atomic mass is 79.9. The minimum atomic E-state index is -0.778. The van der Waals surface area contributed by atoms with E-state index in [1.165, 1.54) is 0 Å². The molecular weight excluding hydrogens is 340 g/mol. The van der Waals surface area contributed by atoms with Gasteiger partial charge in [0, 0.05) is 15.1 Å². The zero-order valence-electron chi connectivity index (χ0n) is 11.6. The van der Waals surface area contributed by atoms with Gasteiger partial charge in [-0.2, -0.15) is 0 Å². The third-order valence-electron chi connectivity index (χ3n) is 3.35. The molecule has 0 bridgehead atoms. The van der Waals surface area contributed by atoms with Crippen molar-refractivity contribution < 1.29 is 9.84 Å². The molecule has 2 nitrogen and oxygen atoms in total. The first kappa shape index (κ1) is 15.4. The third kappa shape index (κ3) is 2.85. The molecule has 0 amide bonds. The Bertz CT molecular complexity index is 641. The molecule has 0 saturated carbocycles. The van der Waals surface area contributed by atoms with Gasteiger partial charge in [0.15, 0.2) is 0 Å². The smallest absolute Gasteiger partial charge is 0.128 e. The lowest BCUT2D eigenvalue weighted by molar-refractivity contribution is 0.213. The molecule has 106 valence electrons. The molecule has 0 aliphatic heterocycles. The van der Waals surface area contributed by atoms with Crippen molar-refractivity contribution in [3.63, 3.8) is 0 Å². The van der Waals surface area contributed by atoms with E-state index in [9.17, 15) is 5.11 Å². The monoisotopic (exact) mass is 354 g/mol. The lowest BCUT2D eigenvalue weighted by Crippen LogP contribution is -2.07. The van der Waals surface area contributed by atoms with Crippen molar-refractivity contribution in [3.8, 4) is 5.75 Å². The number of benzene rings is 2. The van der Waals surface area contributed by atoms with Crippen LogP contribution in [0.5, 0.6) is 5.75 Å². The predicted molar refractivity (Wildman–Crippen MR) is 85.7 cm³/mol. The first-order valence-corrected chi connectivity index (χ1v) is 7.40. The minimum Gasteiger partial charge on any atom is -0.496 e. The zero-order chi connectivity index (χ0) is 14.9. The third-order valence-corrected chi connectivity index (χ3v) is 4.41. The number of ether oxygens (including phenoxy) is 1. The van der Waals surface area contributed by atoms with E-state index in [1.807, 2.05) is 32.0 Å². The SMILES string of the molecule is COc1c(C)cc(Br)c(C)c1C(O)c1cccc(Cl)c1. The second-order valence-corrected chi connectivity index (χ2v) is 6.00. The first-order chi connectivity index (χ1) is 9.45. The van der Waals surface area contributed by atoms with Crippen LogP contribution in [0.4, 0.5) is 0 Å². The largest absolute Gasteiger partial charge is 0.496 e. The summed E-state index contributed by atoms with van der Waals surface area (Å²) in [5, 5.41) is 11.3. The van der Waals surface area contributed by atoms with Gasteiger partial charge in [0.2, 0.25) is 0 Å². The van der Waals surface area contributed by atoms with E-state index in [0.29, 0.717) is 10.8 Å². The fourth-order valence-electron chi connectivity index (χ4n) is 2.32. The van der Waals surface area contributed by atoms with Crippen molar-refractivity contribution >= 4 is 27.5 Å². The summed E-state index contributed by atoms with van der Waals surface area (Å²) in [4.78, 5) is 0. The average molecular weight is 356 g/mol. The van der Waals surface area contributed by atoms with Gasteiger partial charge in [-0.1, -0.05) is 39.7 Å². The van der Waals surface area contributed by atoms with Crippen molar-refractivity contribution in [1.29, 1.82) is 0 Å². The van der Waals surface area contributed by atoms with Crippen LogP contribution in [0.1, 0.15) is 28.4 Å². The molecule has 2 rings (SSSR count). The highest BCUT2D eigenvalue weighted by Crippen LogP contribution is 2.39. The summed E-state index contributed by atoms with van der Waals surface area (Å²) < 4.78 is 6.42. The molecule has 4 heteroatoms. The second-order valence-electron chi connectivity index (χ2n) is 4.70. The second kappa shape index (κ2) is 6.17. The van der Waals surface area contributed by atoms with Gasteiger partial charge in [0.25, 0.3) is 0 Å². The molecule has 0 spiro atoms. The molecule has 0 aromatic heterocycles. The van der Waals surface area contributed by atoms with E-state index in [2.05, 4.69) is 15.9 Å². The molecule has 20 heavy (non-hydrogen) atoms. The van der Waals surface area contributed by atoms with Gasteiger partial charge in [0.1, 0.15) is 11.9 Å². The van der Waals surface area contributed by atoms with Crippen LogP contribution in [-0.4, -0.2) is 12.2 Å². The molecule has 0 fully saturated rings. The highest BCUT2D eigenvalue weighted by molar-refractivity contribution is 9.10. The number of rotatable bonds is 3. The summed E-state index contributed by atoms with van der Waals surface area (Å²) in [5.74, 6) is 0.707. The molecular formula is C16H16BrClO2. The predicted octanol–water partition coefficient (Wildman–Crippen LogP) is 4.81. The Balaban J connectivity index is 2.62. The van der Waals surface area contributed by atoms with Crippen LogP contribution in [0, 0.1) is 13.8 Å². The molecule has 0 saturated heterocycles. The van der Waals surface area contributed by atoms with Crippen LogP contribution in [0.3, 0.4) is 0 Å². The Morgan fingerprint density at radius 2 is 1.95 bits per heavy atom. The minimum absolute atomic E-state index is 0.602. The van der Waals surface area contributed by atoms with Crippen LogP contribution in [-0.2, 0) is 0 Å². The number of halogens is 2. The van der Waals surface area contributed by atoms with Crippen molar-refractivity contribution in [1.82, 2.24) is 0 Å². The maximum atomic E-state index is 10.7. The highest BCUT2D eigenvalue weighted by Gasteiger charge is 2.21. The summed E-state index contributed by atoms with van der Waals surface area (Å²) in [6.07, 6.45) is -0.778. The number of aliphatic hydroxyl groups excluding tert-OH is 1. The van der Waals surface area contributed by atoms with Gasteiger partial charge in [-0.05, 0) is 48.7 Å². The quantitative estimate of drug-likeness (QED) is 0.856. The molecule has 0 aliphatic rings. The standard InChI is InChI=1S/C16H16BrClO2/c1-9-7-13(17)10(2)14(16(9)20-3)15(19)11-5-4-6-12(18)8-11/h4-8,15,19H,1-3H3. The van der Waals surface area contributed by atoms with Crippen LogP contribution in [0.25, 0.3) is 0 Å².